The second-order valence-corrected chi connectivity index (χ2v) is 4.75. The van der Waals surface area contributed by atoms with Crippen LogP contribution in [0.3, 0.4) is 0 Å². The number of aromatic hydroxyl groups is 1. The maximum absolute atomic E-state index is 10.6. The summed E-state index contributed by atoms with van der Waals surface area (Å²) in [6.07, 6.45) is 1.86. The summed E-state index contributed by atoms with van der Waals surface area (Å²) in [6, 6.07) is 15.0. The summed E-state index contributed by atoms with van der Waals surface area (Å²) in [4.78, 5) is 10.6. The van der Waals surface area contributed by atoms with Gasteiger partial charge in [0.15, 0.2) is 0 Å². The summed E-state index contributed by atoms with van der Waals surface area (Å²) < 4.78 is 0. The van der Waals surface area contributed by atoms with Gasteiger partial charge in [-0.05, 0) is 42.2 Å². The smallest absolute Gasteiger partial charge is 0.328 e. The first-order valence-corrected chi connectivity index (χ1v) is 6.33. The number of carbonyl (C=O) groups is 1. The maximum atomic E-state index is 10.6. The summed E-state index contributed by atoms with van der Waals surface area (Å²) in [6.45, 7) is 1.81. The molecule has 2 aromatic carbocycles. The van der Waals surface area contributed by atoms with Crippen molar-refractivity contribution in [2.24, 2.45) is 0 Å². The zero-order valence-electron chi connectivity index (χ0n) is 11.2. The average Bonchev–Trinajstić information content (AvgIpc) is 2.39. The minimum Gasteiger partial charge on any atom is -0.508 e. The van der Waals surface area contributed by atoms with Gasteiger partial charge in [-0.15, -0.1) is 0 Å². The lowest BCUT2D eigenvalue weighted by molar-refractivity contribution is -0.131. The first-order chi connectivity index (χ1) is 9.54. The summed E-state index contributed by atoms with van der Waals surface area (Å²) in [5.74, 6) is -0.664. The van der Waals surface area contributed by atoms with E-state index in [0.29, 0.717) is 6.42 Å². The van der Waals surface area contributed by atoms with Gasteiger partial charge in [0.2, 0.25) is 0 Å². The summed E-state index contributed by atoms with van der Waals surface area (Å²) >= 11 is 0. The van der Waals surface area contributed by atoms with E-state index in [1.54, 1.807) is 12.1 Å². The minimum atomic E-state index is -0.914. The Hall–Kier alpha value is -2.55. The number of benzene rings is 2. The second kappa shape index (κ2) is 6.06. The van der Waals surface area contributed by atoms with Gasteiger partial charge in [0.05, 0.1) is 0 Å². The number of hydrogen-bond donors (Lipinski definition) is 2. The Kier molecular flexibility index (Phi) is 4.20. The van der Waals surface area contributed by atoms with Crippen LogP contribution in [0.2, 0.25) is 0 Å². The van der Waals surface area contributed by atoms with Gasteiger partial charge in [-0.1, -0.05) is 42.0 Å². The van der Waals surface area contributed by atoms with Gasteiger partial charge in [0, 0.05) is 6.08 Å². The molecule has 3 heteroatoms. The van der Waals surface area contributed by atoms with Crippen LogP contribution < -0.4 is 0 Å². The molecule has 3 nitrogen and oxygen atoms in total. The largest absolute Gasteiger partial charge is 0.508 e. The lowest BCUT2D eigenvalue weighted by atomic mass is 10.0. The minimum absolute atomic E-state index is 0.250. The van der Waals surface area contributed by atoms with Crippen molar-refractivity contribution in [2.75, 3.05) is 0 Å². The number of carboxylic acids is 1. The van der Waals surface area contributed by atoms with Crippen molar-refractivity contribution in [1.82, 2.24) is 0 Å². The Morgan fingerprint density at radius 1 is 1.00 bits per heavy atom. The number of hydrogen-bond acceptors (Lipinski definition) is 2. The van der Waals surface area contributed by atoms with Crippen molar-refractivity contribution >= 4 is 5.97 Å². The molecule has 0 saturated carbocycles. The monoisotopic (exact) mass is 268 g/mol. The molecule has 0 bridgehead atoms. The number of aliphatic carboxylic acids is 1. The van der Waals surface area contributed by atoms with Crippen LogP contribution in [0.5, 0.6) is 5.75 Å². The fraction of sp³-hybridized carbons (Fsp3) is 0.118. The molecule has 0 aliphatic heterocycles. The highest BCUT2D eigenvalue weighted by atomic mass is 16.4. The van der Waals surface area contributed by atoms with Gasteiger partial charge in [0.25, 0.3) is 0 Å². The van der Waals surface area contributed by atoms with Crippen molar-refractivity contribution in [1.29, 1.82) is 0 Å². The first kappa shape index (κ1) is 13.9. The van der Waals surface area contributed by atoms with Gasteiger partial charge >= 0.3 is 5.97 Å². The third kappa shape index (κ3) is 3.72. The van der Waals surface area contributed by atoms with E-state index in [4.69, 9.17) is 5.11 Å². The van der Waals surface area contributed by atoms with Crippen LogP contribution in [0.25, 0.3) is 11.1 Å². The van der Waals surface area contributed by atoms with Gasteiger partial charge in [-0.3, -0.25) is 0 Å². The molecule has 0 atom stereocenters. The quantitative estimate of drug-likeness (QED) is 0.832. The van der Waals surface area contributed by atoms with Crippen LogP contribution in [-0.2, 0) is 11.2 Å². The van der Waals surface area contributed by atoms with E-state index in [1.807, 2.05) is 43.3 Å². The Labute approximate surface area is 117 Å². The molecule has 0 fully saturated rings. The van der Waals surface area contributed by atoms with E-state index < -0.39 is 5.97 Å². The highest BCUT2D eigenvalue weighted by Crippen LogP contribution is 2.22. The molecular weight excluding hydrogens is 252 g/mol. The van der Waals surface area contributed by atoms with Crippen LogP contribution in [0.4, 0.5) is 0 Å². The SMILES string of the molecule is C/C(=C\C(=O)O)Cc1ccc(-c2ccc(O)cc2)cc1. The van der Waals surface area contributed by atoms with Gasteiger partial charge in [0.1, 0.15) is 5.75 Å². The molecule has 20 heavy (non-hydrogen) atoms. The maximum Gasteiger partial charge on any atom is 0.328 e. The van der Waals surface area contributed by atoms with E-state index in [2.05, 4.69) is 0 Å². The van der Waals surface area contributed by atoms with Crippen molar-refractivity contribution < 1.29 is 15.0 Å². The molecule has 0 saturated heterocycles. The van der Waals surface area contributed by atoms with Crippen LogP contribution in [-0.4, -0.2) is 16.2 Å². The number of phenolic OH excluding ortho intramolecular Hbond substituents is 1. The normalized spacial score (nSPS) is 11.3. The molecule has 0 radical (unpaired) electrons. The Morgan fingerprint density at radius 3 is 2.00 bits per heavy atom. The molecular formula is C17H16O3. The molecule has 2 rings (SSSR count). The molecule has 0 aliphatic carbocycles. The third-order valence-corrected chi connectivity index (χ3v) is 3.01. The molecule has 0 amide bonds. The zero-order chi connectivity index (χ0) is 14.5. The molecule has 0 spiro atoms. The number of rotatable bonds is 4. The highest BCUT2D eigenvalue weighted by Gasteiger charge is 2.00. The van der Waals surface area contributed by atoms with E-state index in [-0.39, 0.29) is 5.75 Å². The van der Waals surface area contributed by atoms with Gasteiger partial charge in [-0.25, -0.2) is 4.79 Å². The average molecular weight is 268 g/mol. The van der Waals surface area contributed by atoms with Crippen molar-refractivity contribution in [3.63, 3.8) is 0 Å². The van der Waals surface area contributed by atoms with Crippen LogP contribution >= 0.6 is 0 Å². The van der Waals surface area contributed by atoms with Gasteiger partial charge in [-0.2, -0.15) is 0 Å². The lowest BCUT2D eigenvalue weighted by Crippen LogP contribution is -1.93. The molecule has 0 aromatic heterocycles. The van der Waals surface area contributed by atoms with Crippen molar-refractivity contribution in [3.8, 4) is 16.9 Å². The van der Waals surface area contributed by atoms with Crippen LogP contribution in [0.15, 0.2) is 60.2 Å². The second-order valence-electron chi connectivity index (χ2n) is 4.75. The Balaban J connectivity index is 2.14. The first-order valence-electron chi connectivity index (χ1n) is 6.33. The van der Waals surface area contributed by atoms with Crippen molar-refractivity contribution in [3.05, 3.63) is 65.7 Å². The predicted octanol–water partition coefficient (Wildman–Crippen LogP) is 3.63. The Bertz CT molecular complexity index is 622. The van der Waals surface area contributed by atoms with E-state index in [1.165, 1.54) is 6.08 Å². The molecule has 0 aliphatic rings. The summed E-state index contributed by atoms with van der Waals surface area (Å²) in [7, 11) is 0. The summed E-state index contributed by atoms with van der Waals surface area (Å²) in [5, 5.41) is 17.9. The number of phenols is 1. The van der Waals surface area contributed by atoms with E-state index in [0.717, 1.165) is 22.3 Å². The van der Waals surface area contributed by atoms with Crippen LogP contribution in [0.1, 0.15) is 12.5 Å². The molecule has 0 heterocycles. The standard InChI is InChI=1S/C17H16O3/c1-12(11-17(19)20)10-13-2-4-14(5-3-13)15-6-8-16(18)9-7-15/h2-9,11,18H,10H2,1H3,(H,19,20)/b12-11+. The highest BCUT2D eigenvalue weighted by molar-refractivity contribution is 5.80. The fourth-order valence-electron chi connectivity index (χ4n) is 2.05. The number of carboxylic acid groups (broad SMARTS) is 1. The van der Waals surface area contributed by atoms with Gasteiger partial charge < -0.3 is 10.2 Å². The summed E-state index contributed by atoms with van der Waals surface area (Å²) in [5.41, 5.74) is 3.98. The molecule has 0 unspecified atom stereocenters. The lowest BCUT2D eigenvalue weighted by Gasteiger charge is -2.05. The predicted molar refractivity (Wildman–Crippen MR) is 78.6 cm³/mol. The van der Waals surface area contributed by atoms with Crippen LogP contribution in [0, 0.1) is 0 Å². The van der Waals surface area contributed by atoms with E-state index >= 15 is 0 Å². The molecule has 2 N–H and O–H groups in total. The zero-order valence-corrected chi connectivity index (χ0v) is 11.2. The third-order valence-electron chi connectivity index (χ3n) is 3.01. The topological polar surface area (TPSA) is 57.5 Å². The Morgan fingerprint density at radius 2 is 1.50 bits per heavy atom. The van der Waals surface area contributed by atoms with E-state index in [9.17, 15) is 9.90 Å². The van der Waals surface area contributed by atoms with Crippen molar-refractivity contribution in [2.45, 2.75) is 13.3 Å². The molecule has 102 valence electrons. The number of allylic oxidation sites excluding steroid dienone is 1. The molecule has 2 aromatic rings. The fourth-order valence-corrected chi connectivity index (χ4v) is 2.05.